The molecule has 1 aliphatic rings. The van der Waals surface area contributed by atoms with Crippen molar-refractivity contribution in [2.24, 2.45) is 0 Å². The molecule has 0 bridgehead atoms. The number of anilines is 3. The topological polar surface area (TPSA) is 8.17 Å². The van der Waals surface area contributed by atoms with Gasteiger partial charge in [-0.25, -0.2) is 0 Å². The van der Waals surface area contributed by atoms with Gasteiger partial charge in [-0.2, -0.15) is 0 Å². The van der Waals surface area contributed by atoms with E-state index in [9.17, 15) is 0 Å². The van der Waals surface area contributed by atoms with Gasteiger partial charge in [-0.05, 0) is 162 Å². The predicted octanol–water partition coefficient (Wildman–Crippen LogP) is 20.8. The zero-order valence-electron chi connectivity index (χ0n) is 45.0. The lowest BCUT2D eigenvalue weighted by atomic mass is 9.67. The standard InChI is InChI=1S/C78H56N2S/c1-54(71-50-59(42-48-77(71)81-2)56-25-10-4-11-26-56)49-72(68-37-22-28-58-27-18-19-35-67(58)68)76-51-60-41-45-66(53-75(60)80(76)63-33-16-7-17-34-63)79(64-43-39-57(40-44-64)55-23-8-3-9-24-55)65-46-47-70-69-36-20-21-38-73(69)78(74(70)52-65,61-29-12-5-13-30-61)62-31-14-6-15-32-62/h3-53H,1H2,2H3/b72-49-. The van der Waals surface area contributed by atoms with Gasteiger partial charge >= 0.3 is 0 Å². The summed E-state index contributed by atoms with van der Waals surface area (Å²) in [5.74, 6) is 0. The minimum Gasteiger partial charge on any atom is -0.310 e. The van der Waals surface area contributed by atoms with Gasteiger partial charge in [0.15, 0.2) is 0 Å². The third-order valence-electron chi connectivity index (χ3n) is 16.3. The molecule has 0 spiro atoms. The number of hydrogen-bond acceptors (Lipinski definition) is 2. The van der Waals surface area contributed by atoms with E-state index in [2.05, 4.69) is 325 Å². The van der Waals surface area contributed by atoms with Gasteiger partial charge in [0.25, 0.3) is 0 Å². The van der Waals surface area contributed by atoms with Crippen LogP contribution in [0, 0.1) is 0 Å². The van der Waals surface area contributed by atoms with E-state index < -0.39 is 5.41 Å². The highest BCUT2D eigenvalue weighted by molar-refractivity contribution is 7.98. The van der Waals surface area contributed by atoms with Crippen LogP contribution in [0.25, 0.3) is 71.9 Å². The Hall–Kier alpha value is -9.93. The number of thioether (sulfide) groups is 1. The molecule has 12 aromatic carbocycles. The number of fused-ring (bicyclic) bond motifs is 5. The highest BCUT2D eigenvalue weighted by atomic mass is 32.2. The van der Waals surface area contributed by atoms with E-state index in [-0.39, 0.29) is 0 Å². The van der Waals surface area contributed by atoms with Crippen molar-refractivity contribution in [1.82, 2.24) is 4.57 Å². The zero-order chi connectivity index (χ0) is 54.3. The average molecular weight is 1050 g/mol. The summed E-state index contributed by atoms with van der Waals surface area (Å²) in [6, 6.07) is 111. The van der Waals surface area contributed by atoms with Gasteiger partial charge in [-0.1, -0.05) is 243 Å². The summed E-state index contributed by atoms with van der Waals surface area (Å²) in [5.41, 5.74) is 22.3. The van der Waals surface area contributed by atoms with Crippen molar-refractivity contribution in [3.05, 3.63) is 355 Å². The van der Waals surface area contributed by atoms with E-state index in [1.807, 2.05) is 0 Å². The fraction of sp³-hybridized carbons (Fsp3) is 0.0256. The molecule has 0 saturated heterocycles. The largest absolute Gasteiger partial charge is 0.310 e. The maximum atomic E-state index is 4.91. The molecule has 1 aromatic heterocycles. The van der Waals surface area contributed by atoms with Gasteiger partial charge in [0.2, 0.25) is 0 Å². The van der Waals surface area contributed by atoms with Crippen LogP contribution in [0.2, 0.25) is 0 Å². The summed E-state index contributed by atoms with van der Waals surface area (Å²) in [6.45, 7) is 4.91. The van der Waals surface area contributed by atoms with E-state index in [0.717, 1.165) is 67.2 Å². The molecule has 0 radical (unpaired) electrons. The van der Waals surface area contributed by atoms with Crippen molar-refractivity contribution < 1.29 is 0 Å². The fourth-order valence-electron chi connectivity index (χ4n) is 12.6. The molecule has 0 unspecified atom stereocenters. The van der Waals surface area contributed by atoms with Gasteiger partial charge in [0, 0.05) is 38.6 Å². The van der Waals surface area contributed by atoms with Crippen LogP contribution in [-0.2, 0) is 5.41 Å². The number of benzene rings is 12. The second-order valence-electron chi connectivity index (χ2n) is 20.8. The molecular formula is C78H56N2S. The molecular weight excluding hydrogens is 997 g/mol. The lowest BCUT2D eigenvalue weighted by Gasteiger charge is -2.35. The molecule has 0 amide bonds. The van der Waals surface area contributed by atoms with Gasteiger partial charge in [-0.3, -0.25) is 0 Å². The molecule has 0 atom stereocenters. The van der Waals surface area contributed by atoms with Crippen molar-refractivity contribution in [3.8, 4) is 39.1 Å². The van der Waals surface area contributed by atoms with Crippen LogP contribution < -0.4 is 4.90 Å². The third-order valence-corrected chi connectivity index (χ3v) is 17.1. The third kappa shape index (κ3) is 8.71. The number of nitrogens with zero attached hydrogens (tertiary/aromatic N) is 2. The molecule has 14 rings (SSSR count). The van der Waals surface area contributed by atoms with E-state index in [4.69, 9.17) is 6.58 Å². The number of para-hydroxylation sites is 1. The molecule has 1 aliphatic carbocycles. The lowest BCUT2D eigenvalue weighted by Crippen LogP contribution is -2.28. The molecule has 384 valence electrons. The Morgan fingerprint density at radius 1 is 0.420 bits per heavy atom. The van der Waals surface area contributed by atoms with Crippen LogP contribution in [0.3, 0.4) is 0 Å². The average Bonchev–Trinajstić information content (AvgIpc) is 4.30. The van der Waals surface area contributed by atoms with Crippen LogP contribution in [0.4, 0.5) is 17.1 Å². The Labute approximate surface area is 478 Å². The number of hydrogen-bond donors (Lipinski definition) is 0. The molecule has 2 nitrogen and oxygen atoms in total. The van der Waals surface area contributed by atoms with Crippen LogP contribution in [-0.4, -0.2) is 10.8 Å². The van der Waals surface area contributed by atoms with E-state index in [0.29, 0.717) is 0 Å². The summed E-state index contributed by atoms with van der Waals surface area (Å²) < 4.78 is 2.46. The fourth-order valence-corrected chi connectivity index (χ4v) is 13.2. The molecule has 1 heterocycles. The van der Waals surface area contributed by atoms with Crippen LogP contribution in [0.1, 0.15) is 39.1 Å². The highest BCUT2D eigenvalue weighted by Crippen LogP contribution is 2.57. The minimum atomic E-state index is -0.568. The maximum absolute atomic E-state index is 4.91. The minimum absolute atomic E-state index is 0.568. The molecule has 0 aliphatic heterocycles. The Bertz CT molecular complexity index is 4440. The lowest BCUT2D eigenvalue weighted by molar-refractivity contribution is 0.768. The van der Waals surface area contributed by atoms with E-state index in [1.54, 1.807) is 11.8 Å². The van der Waals surface area contributed by atoms with Crippen molar-refractivity contribution in [2.45, 2.75) is 10.3 Å². The first-order valence-corrected chi connectivity index (χ1v) is 28.9. The quantitative estimate of drug-likeness (QED) is 0.0840. The highest BCUT2D eigenvalue weighted by Gasteiger charge is 2.46. The SMILES string of the molecule is C=C(/C=C(/c1cccc2ccccc12)c1cc2ccc(N(c3ccc(-c4ccccc4)cc3)c3ccc4c(c3)C(c3ccccc3)(c3ccccc3)c3ccccc3-4)cc2n1-c1ccccc1)c1cc(-c2ccccc2)ccc1SC. The second-order valence-corrected chi connectivity index (χ2v) is 21.7. The van der Waals surface area contributed by atoms with Gasteiger partial charge in [0.05, 0.1) is 16.6 Å². The number of allylic oxidation sites excluding steroid dienone is 2. The maximum Gasteiger partial charge on any atom is 0.0714 e. The van der Waals surface area contributed by atoms with Crippen molar-refractivity contribution in [3.63, 3.8) is 0 Å². The number of rotatable bonds is 13. The summed E-state index contributed by atoms with van der Waals surface area (Å²) in [6.07, 6.45) is 4.48. The smallest absolute Gasteiger partial charge is 0.0714 e. The van der Waals surface area contributed by atoms with E-state index >= 15 is 0 Å². The normalized spacial score (nSPS) is 12.5. The monoisotopic (exact) mass is 1050 g/mol. The van der Waals surface area contributed by atoms with Crippen LogP contribution in [0.15, 0.2) is 321 Å². The Kier molecular flexibility index (Phi) is 12.8. The molecule has 0 N–H and O–H groups in total. The van der Waals surface area contributed by atoms with Gasteiger partial charge in [-0.15, -0.1) is 11.8 Å². The van der Waals surface area contributed by atoms with Gasteiger partial charge in [0.1, 0.15) is 0 Å². The first-order chi connectivity index (χ1) is 40.0. The Morgan fingerprint density at radius 2 is 0.963 bits per heavy atom. The number of aromatic nitrogens is 1. The Balaban J connectivity index is 1.00. The molecule has 0 saturated carbocycles. The van der Waals surface area contributed by atoms with Crippen molar-refractivity contribution in [1.29, 1.82) is 0 Å². The first kappa shape index (κ1) is 49.4. The van der Waals surface area contributed by atoms with Gasteiger partial charge < -0.3 is 9.47 Å². The summed E-state index contributed by atoms with van der Waals surface area (Å²) in [7, 11) is 0. The second kappa shape index (κ2) is 21.0. The summed E-state index contributed by atoms with van der Waals surface area (Å²) in [4.78, 5) is 3.63. The van der Waals surface area contributed by atoms with Crippen molar-refractivity contribution in [2.75, 3.05) is 11.2 Å². The first-order valence-electron chi connectivity index (χ1n) is 27.7. The molecule has 81 heavy (non-hydrogen) atoms. The van der Waals surface area contributed by atoms with Crippen molar-refractivity contribution >= 4 is 61.6 Å². The van der Waals surface area contributed by atoms with Crippen LogP contribution in [0.5, 0.6) is 0 Å². The summed E-state index contributed by atoms with van der Waals surface area (Å²) in [5, 5.41) is 3.49. The molecule has 13 aromatic rings. The van der Waals surface area contributed by atoms with E-state index in [1.165, 1.54) is 65.7 Å². The summed E-state index contributed by atoms with van der Waals surface area (Å²) >= 11 is 1.75. The van der Waals surface area contributed by atoms with Crippen LogP contribution >= 0.6 is 11.8 Å². The zero-order valence-corrected chi connectivity index (χ0v) is 45.8. The predicted molar refractivity (Wildman–Crippen MR) is 344 cm³/mol. The molecule has 3 heteroatoms. The molecule has 0 fully saturated rings. The Morgan fingerprint density at radius 3 is 1.67 bits per heavy atom.